The number of nitrogens with one attached hydrogen (secondary N) is 1. The topological polar surface area (TPSA) is 56.8 Å². The molecule has 1 amide bonds. The predicted molar refractivity (Wildman–Crippen MR) is 94.0 cm³/mol. The Morgan fingerprint density at radius 3 is 2.58 bits per heavy atom. The van der Waals surface area contributed by atoms with E-state index in [-0.39, 0.29) is 12.5 Å². The number of hydrogen-bond acceptors (Lipinski definition) is 4. The molecule has 5 nitrogen and oxygen atoms in total. The van der Waals surface area contributed by atoms with E-state index in [1.54, 1.807) is 36.4 Å². The van der Waals surface area contributed by atoms with E-state index in [4.69, 9.17) is 25.8 Å². The zero-order chi connectivity index (χ0) is 17.2. The lowest BCUT2D eigenvalue weighted by Crippen LogP contribution is -2.20. The van der Waals surface area contributed by atoms with Crippen molar-refractivity contribution in [3.05, 3.63) is 53.6 Å². The van der Waals surface area contributed by atoms with E-state index in [9.17, 15) is 4.79 Å². The Morgan fingerprint density at radius 1 is 1.04 bits per heavy atom. The van der Waals surface area contributed by atoms with Crippen LogP contribution in [0.5, 0.6) is 11.5 Å². The first-order chi connectivity index (χ1) is 11.7. The molecular weight excluding hydrogens is 330 g/mol. The number of benzene rings is 2. The van der Waals surface area contributed by atoms with Gasteiger partial charge in [0.1, 0.15) is 18.1 Å². The molecule has 0 bridgehead atoms. The van der Waals surface area contributed by atoms with Crippen molar-refractivity contribution in [3.63, 3.8) is 0 Å². The summed E-state index contributed by atoms with van der Waals surface area (Å²) >= 11 is 5.80. The summed E-state index contributed by atoms with van der Waals surface area (Å²) in [5.41, 5.74) is 0.647. The monoisotopic (exact) mass is 349 g/mol. The largest absolute Gasteiger partial charge is 0.491 e. The third-order valence-electron chi connectivity index (χ3n) is 3.00. The number of hydrogen-bond donors (Lipinski definition) is 1. The Morgan fingerprint density at radius 2 is 1.83 bits per heavy atom. The summed E-state index contributed by atoms with van der Waals surface area (Å²) in [7, 11) is 0. The molecule has 0 spiro atoms. The molecule has 6 heteroatoms. The van der Waals surface area contributed by atoms with Gasteiger partial charge in [0, 0.05) is 23.4 Å². The summed E-state index contributed by atoms with van der Waals surface area (Å²) < 4.78 is 16.2. The molecule has 128 valence electrons. The highest BCUT2D eigenvalue weighted by atomic mass is 35.5. The molecule has 0 fully saturated rings. The third kappa shape index (κ3) is 6.48. The SMILES string of the molecule is CCOCCOc1cccc(NC(=O)COc2ccc(Cl)cc2)c1. The van der Waals surface area contributed by atoms with Crippen LogP contribution in [0.3, 0.4) is 0 Å². The second-order valence-electron chi connectivity index (χ2n) is 4.86. The molecule has 2 aromatic carbocycles. The van der Waals surface area contributed by atoms with Crippen LogP contribution in [0.2, 0.25) is 5.02 Å². The molecule has 2 aromatic rings. The van der Waals surface area contributed by atoms with Crippen molar-refractivity contribution in [2.24, 2.45) is 0 Å². The van der Waals surface area contributed by atoms with Gasteiger partial charge in [0.25, 0.3) is 5.91 Å². The van der Waals surface area contributed by atoms with Gasteiger partial charge in [-0.3, -0.25) is 4.79 Å². The fourth-order valence-electron chi connectivity index (χ4n) is 1.90. The second-order valence-corrected chi connectivity index (χ2v) is 5.30. The second kappa shape index (κ2) is 9.80. The van der Waals surface area contributed by atoms with Crippen LogP contribution in [0.25, 0.3) is 0 Å². The van der Waals surface area contributed by atoms with Gasteiger partial charge in [-0.2, -0.15) is 0 Å². The molecule has 24 heavy (non-hydrogen) atoms. The van der Waals surface area contributed by atoms with Crippen LogP contribution >= 0.6 is 11.6 Å². The van der Waals surface area contributed by atoms with Crippen molar-refractivity contribution in [1.29, 1.82) is 0 Å². The number of anilines is 1. The van der Waals surface area contributed by atoms with Crippen LogP contribution < -0.4 is 14.8 Å². The molecule has 0 unspecified atom stereocenters. The smallest absolute Gasteiger partial charge is 0.262 e. The van der Waals surface area contributed by atoms with Gasteiger partial charge < -0.3 is 19.5 Å². The van der Waals surface area contributed by atoms with Crippen molar-refractivity contribution in [3.8, 4) is 11.5 Å². The lowest BCUT2D eigenvalue weighted by atomic mass is 10.3. The number of amides is 1. The lowest BCUT2D eigenvalue weighted by molar-refractivity contribution is -0.118. The summed E-state index contributed by atoms with van der Waals surface area (Å²) in [4.78, 5) is 11.9. The Bertz CT molecular complexity index is 646. The van der Waals surface area contributed by atoms with Gasteiger partial charge in [0.15, 0.2) is 6.61 Å². The highest BCUT2D eigenvalue weighted by Gasteiger charge is 2.05. The maximum Gasteiger partial charge on any atom is 0.262 e. The summed E-state index contributed by atoms with van der Waals surface area (Å²) in [5, 5.41) is 3.38. The molecule has 0 aliphatic heterocycles. The molecule has 0 saturated carbocycles. The van der Waals surface area contributed by atoms with E-state index < -0.39 is 0 Å². The number of carbonyl (C=O) groups excluding carboxylic acids is 1. The molecule has 0 radical (unpaired) electrons. The molecule has 0 saturated heterocycles. The van der Waals surface area contributed by atoms with Gasteiger partial charge in [-0.05, 0) is 43.3 Å². The maximum absolute atomic E-state index is 11.9. The average molecular weight is 350 g/mol. The van der Waals surface area contributed by atoms with Crippen LogP contribution in [-0.2, 0) is 9.53 Å². The van der Waals surface area contributed by atoms with Gasteiger partial charge in [-0.1, -0.05) is 17.7 Å². The minimum absolute atomic E-state index is 0.0863. The van der Waals surface area contributed by atoms with Crippen LogP contribution in [-0.4, -0.2) is 32.3 Å². The molecule has 0 heterocycles. The first-order valence-corrected chi connectivity index (χ1v) is 8.04. The van der Waals surface area contributed by atoms with E-state index in [1.165, 1.54) is 0 Å². The minimum atomic E-state index is -0.253. The third-order valence-corrected chi connectivity index (χ3v) is 3.25. The van der Waals surface area contributed by atoms with E-state index in [2.05, 4.69) is 5.32 Å². The molecule has 1 N–H and O–H groups in total. The number of ether oxygens (including phenoxy) is 3. The van der Waals surface area contributed by atoms with Crippen LogP contribution in [0.4, 0.5) is 5.69 Å². The first kappa shape index (κ1) is 18.1. The highest BCUT2D eigenvalue weighted by Crippen LogP contribution is 2.18. The summed E-state index contributed by atoms with van der Waals surface area (Å²) in [6.07, 6.45) is 0. The predicted octanol–water partition coefficient (Wildman–Crippen LogP) is 3.77. The van der Waals surface area contributed by atoms with Crippen molar-refractivity contribution in [2.45, 2.75) is 6.92 Å². The van der Waals surface area contributed by atoms with E-state index in [1.807, 2.05) is 19.1 Å². The van der Waals surface area contributed by atoms with Crippen molar-refractivity contribution in [2.75, 3.05) is 31.7 Å². The number of halogens is 1. The Balaban J connectivity index is 1.79. The normalized spacial score (nSPS) is 10.2. The van der Waals surface area contributed by atoms with Gasteiger partial charge in [-0.25, -0.2) is 0 Å². The van der Waals surface area contributed by atoms with Crippen molar-refractivity contribution in [1.82, 2.24) is 0 Å². The van der Waals surface area contributed by atoms with Crippen LogP contribution in [0, 0.1) is 0 Å². The van der Waals surface area contributed by atoms with E-state index in [0.29, 0.717) is 42.0 Å². The summed E-state index contributed by atoms with van der Waals surface area (Å²) in [6.45, 7) is 3.50. The fourth-order valence-corrected chi connectivity index (χ4v) is 2.03. The highest BCUT2D eigenvalue weighted by molar-refractivity contribution is 6.30. The quantitative estimate of drug-likeness (QED) is 0.700. The zero-order valence-electron chi connectivity index (χ0n) is 13.5. The van der Waals surface area contributed by atoms with Crippen molar-refractivity contribution >= 4 is 23.2 Å². The molecule has 0 atom stereocenters. The van der Waals surface area contributed by atoms with Gasteiger partial charge in [0.2, 0.25) is 0 Å². The molecular formula is C18H20ClNO4. The maximum atomic E-state index is 11.9. The van der Waals surface area contributed by atoms with E-state index >= 15 is 0 Å². The Kier molecular flexibility index (Phi) is 7.39. The Labute approximate surface area is 146 Å². The Hall–Kier alpha value is -2.24. The zero-order valence-corrected chi connectivity index (χ0v) is 14.2. The van der Waals surface area contributed by atoms with Gasteiger partial charge in [0.05, 0.1) is 6.61 Å². The molecule has 0 aliphatic rings. The molecule has 0 aromatic heterocycles. The van der Waals surface area contributed by atoms with Gasteiger partial charge in [-0.15, -0.1) is 0 Å². The lowest BCUT2D eigenvalue weighted by Gasteiger charge is -2.10. The van der Waals surface area contributed by atoms with Crippen LogP contribution in [0.1, 0.15) is 6.92 Å². The van der Waals surface area contributed by atoms with Crippen molar-refractivity contribution < 1.29 is 19.0 Å². The number of rotatable bonds is 9. The fraction of sp³-hybridized carbons (Fsp3) is 0.278. The number of carbonyl (C=O) groups is 1. The summed E-state index contributed by atoms with van der Waals surface area (Å²) in [5.74, 6) is 1.00. The minimum Gasteiger partial charge on any atom is -0.491 e. The summed E-state index contributed by atoms with van der Waals surface area (Å²) in [6, 6.07) is 14.0. The van der Waals surface area contributed by atoms with Gasteiger partial charge >= 0.3 is 0 Å². The van der Waals surface area contributed by atoms with Crippen LogP contribution in [0.15, 0.2) is 48.5 Å². The average Bonchev–Trinajstić information content (AvgIpc) is 2.59. The molecule has 2 rings (SSSR count). The molecule has 0 aliphatic carbocycles. The van der Waals surface area contributed by atoms with E-state index in [0.717, 1.165) is 0 Å². The first-order valence-electron chi connectivity index (χ1n) is 7.66. The standard InChI is InChI=1S/C18H20ClNO4/c1-2-22-10-11-23-17-5-3-4-15(12-17)20-18(21)13-24-16-8-6-14(19)7-9-16/h3-9,12H,2,10-11,13H2,1H3,(H,20,21).